The van der Waals surface area contributed by atoms with E-state index in [1.807, 2.05) is 18.2 Å². The van der Waals surface area contributed by atoms with Crippen LogP contribution in [-0.4, -0.2) is 67.9 Å². The van der Waals surface area contributed by atoms with Crippen molar-refractivity contribution in [3.8, 4) is 11.5 Å². The number of hydrogen-bond acceptors (Lipinski definition) is 6. The second-order valence-electron chi connectivity index (χ2n) is 9.38. The van der Waals surface area contributed by atoms with Crippen LogP contribution >= 0.6 is 0 Å². The molecule has 2 N–H and O–H groups in total. The van der Waals surface area contributed by atoms with Crippen LogP contribution in [0, 0.1) is 11.7 Å². The quantitative estimate of drug-likeness (QED) is 0.650. The van der Waals surface area contributed by atoms with E-state index >= 15 is 0 Å². The minimum absolute atomic E-state index is 0.0506. The number of halogens is 1. The minimum atomic E-state index is -0.866. The molecule has 1 amide bonds. The summed E-state index contributed by atoms with van der Waals surface area (Å²) in [6.45, 7) is 4.85. The number of amides is 1. The summed E-state index contributed by atoms with van der Waals surface area (Å²) in [7, 11) is 0. The van der Waals surface area contributed by atoms with Crippen molar-refractivity contribution in [2.24, 2.45) is 5.92 Å². The average molecular weight is 470 g/mol. The van der Waals surface area contributed by atoms with Gasteiger partial charge in [-0.1, -0.05) is 6.07 Å². The van der Waals surface area contributed by atoms with Gasteiger partial charge in [-0.25, -0.2) is 4.39 Å². The average Bonchev–Trinajstić information content (AvgIpc) is 3.56. The zero-order valence-corrected chi connectivity index (χ0v) is 19.3. The summed E-state index contributed by atoms with van der Waals surface area (Å²) in [6.07, 6.45) is 2.13. The van der Waals surface area contributed by atoms with Gasteiger partial charge in [-0.05, 0) is 74.3 Å². The highest BCUT2D eigenvalue weighted by Gasteiger charge is 2.33. The van der Waals surface area contributed by atoms with Gasteiger partial charge in [0.15, 0.2) is 11.5 Å². The number of nitrogens with zero attached hydrogens (tertiary/aromatic N) is 2. The van der Waals surface area contributed by atoms with Crippen LogP contribution in [0.1, 0.15) is 30.9 Å². The first kappa shape index (κ1) is 22.9. The molecule has 0 saturated carbocycles. The Morgan fingerprint density at radius 3 is 2.56 bits per heavy atom. The van der Waals surface area contributed by atoms with Gasteiger partial charge >= 0.3 is 0 Å². The number of hydrogen-bond donors (Lipinski definition) is 2. The predicted molar refractivity (Wildman–Crippen MR) is 127 cm³/mol. The smallest absolute Gasteiger partial charge is 0.225 e. The van der Waals surface area contributed by atoms with Crippen LogP contribution in [-0.2, 0) is 4.79 Å². The summed E-state index contributed by atoms with van der Waals surface area (Å²) in [5.74, 6) is 0.799. The van der Waals surface area contributed by atoms with Crippen molar-refractivity contribution < 1.29 is 23.8 Å². The van der Waals surface area contributed by atoms with Crippen molar-refractivity contribution in [2.45, 2.75) is 31.4 Å². The van der Waals surface area contributed by atoms with E-state index in [0.29, 0.717) is 43.4 Å². The number of anilines is 1. The lowest BCUT2D eigenvalue weighted by Gasteiger charge is -2.30. The first-order valence-corrected chi connectivity index (χ1v) is 12.2. The summed E-state index contributed by atoms with van der Waals surface area (Å²) in [5, 5.41) is 14.5. The summed E-state index contributed by atoms with van der Waals surface area (Å²) >= 11 is 0. The van der Waals surface area contributed by atoms with Crippen LogP contribution in [0.5, 0.6) is 11.5 Å². The monoisotopic (exact) mass is 469 g/mol. The molecule has 3 aliphatic rings. The number of carbonyl (C=O) groups is 1. The highest BCUT2D eigenvalue weighted by Crippen LogP contribution is 2.34. The third-order valence-corrected chi connectivity index (χ3v) is 7.02. The number of likely N-dealkylation sites (tertiary alicyclic amines) is 1. The van der Waals surface area contributed by atoms with Crippen LogP contribution in [0.4, 0.5) is 10.1 Å². The SMILES string of the molecule is O=C(N[C@H](CN1CCCC1)[C@H](O)c1ccc2c(c1)OCCO2)[C@H]1CCN(c2ccc(F)cc2)C1. The molecule has 3 heterocycles. The third-order valence-electron chi connectivity index (χ3n) is 7.02. The van der Waals surface area contributed by atoms with Gasteiger partial charge in [-0.15, -0.1) is 0 Å². The van der Waals surface area contributed by atoms with Gasteiger partial charge in [0.05, 0.1) is 12.0 Å². The lowest BCUT2D eigenvalue weighted by molar-refractivity contribution is -0.126. The Balaban J connectivity index is 1.28. The van der Waals surface area contributed by atoms with E-state index in [9.17, 15) is 14.3 Å². The van der Waals surface area contributed by atoms with Crippen LogP contribution in [0.25, 0.3) is 0 Å². The van der Waals surface area contributed by atoms with E-state index in [1.54, 1.807) is 12.1 Å². The Bertz CT molecular complexity index is 996. The molecule has 2 fully saturated rings. The molecule has 182 valence electrons. The number of carbonyl (C=O) groups excluding carboxylic acids is 1. The maximum absolute atomic E-state index is 13.3. The highest BCUT2D eigenvalue weighted by molar-refractivity contribution is 5.80. The second kappa shape index (κ2) is 10.2. The fourth-order valence-corrected chi connectivity index (χ4v) is 5.11. The fraction of sp³-hybridized carbons (Fsp3) is 0.500. The van der Waals surface area contributed by atoms with E-state index < -0.39 is 12.1 Å². The Labute approximate surface area is 199 Å². The number of aliphatic hydroxyl groups is 1. The molecule has 34 heavy (non-hydrogen) atoms. The van der Waals surface area contributed by atoms with Crippen LogP contribution in [0.3, 0.4) is 0 Å². The van der Waals surface area contributed by atoms with E-state index in [0.717, 1.165) is 44.6 Å². The molecule has 0 aromatic heterocycles. The fourth-order valence-electron chi connectivity index (χ4n) is 5.11. The number of fused-ring (bicyclic) bond motifs is 1. The van der Waals surface area contributed by atoms with Gasteiger partial charge in [0, 0.05) is 25.3 Å². The minimum Gasteiger partial charge on any atom is -0.486 e. The maximum Gasteiger partial charge on any atom is 0.225 e. The van der Waals surface area contributed by atoms with E-state index in [-0.39, 0.29) is 17.6 Å². The Morgan fingerprint density at radius 1 is 1.06 bits per heavy atom. The molecule has 2 aromatic carbocycles. The predicted octanol–water partition coefficient (Wildman–Crippen LogP) is 2.74. The maximum atomic E-state index is 13.3. The third kappa shape index (κ3) is 5.13. The van der Waals surface area contributed by atoms with Crippen molar-refractivity contribution >= 4 is 11.6 Å². The molecule has 0 aliphatic carbocycles. The molecule has 0 bridgehead atoms. The van der Waals surface area contributed by atoms with Crippen LogP contribution in [0.15, 0.2) is 42.5 Å². The number of ether oxygens (including phenoxy) is 2. The molecule has 8 heteroatoms. The van der Waals surface area contributed by atoms with Crippen molar-refractivity contribution in [1.29, 1.82) is 0 Å². The first-order chi connectivity index (χ1) is 16.6. The Hall–Kier alpha value is -2.84. The Kier molecular flexibility index (Phi) is 6.87. The van der Waals surface area contributed by atoms with E-state index in [1.165, 1.54) is 12.1 Å². The number of nitrogens with one attached hydrogen (secondary N) is 1. The lowest BCUT2D eigenvalue weighted by atomic mass is 9.99. The normalized spacial score (nSPS) is 21.9. The number of rotatable bonds is 7. The summed E-state index contributed by atoms with van der Waals surface area (Å²) in [5.41, 5.74) is 1.62. The number of aliphatic hydroxyl groups excluding tert-OH is 1. The largest absolute Gasteiger partial charge is 0.486 e. The van der Waals surface area contributed by atoms with Gasteiger partial charge in [0.2, 0.25) is 5.91 Å². The van der Waals surface area contributed by atoms with E-state index in [4.69, 9.17) is 9.47 Å². The van der Waals surface area contributed by atoms with Gasteiger partial charge in [0.1, 0.15) is 25.1 Å². The van der Waals surface area contributed by atoms with Gasteiger partial charge in [-0.3, -0.25) is 4.79 Å². The molecule has 0 unspecified atom stereocenters. The highest BCUT2D eigenvalue weighted by atomic mass is 19.1. The summed E-state index contributed by atoms with van der Waals surface area (Å²) in [4.78, 5) is 17.7. The molecular weight excluding hydrogens is 437 g/mol. The van der Waals surface area contributed by atoms with Crippen molar-refractivity contribution in [2.75, 3.05) is 50.8 Å². The lowest BCUT2D eigenvalue weighted by Crippen LogP contribution is -2.48. The molecule has 7 nitrogen and oxygen atoms in total. The first-order valence-electron chi connectivity index (χ1n) is 12.2. The molecule has 0 spiro atoms. The van der Waals surface area contributed by atoms with Crippen molar-refractivity contribution in [1.82, 2.24) is 10.2 Å². The molecule has 3 atom stereocenters. The van der Waals surface area contributed by atoms with Crippen LogP contribution < -0.4 is 19.7 Å². The van der Waals surface area contributed by atoms with Gasteiger partial charge in [0.25, 0.3) is 0 Å². The van der Waals surface area contributed by atoms with Gasteiger partial charge < -0.3 is 29.7 Å². The van der Waals surface area contributed by atoms with Gasteiger partial charge in [-0.2, -0.15) is 0 Å². The molecular formula is C26H32FN3O4. The molecule has 3 aliphatic heterocycles. The molecule has 5 rings (SSSR count). The van der Waals surface area contributed by atoms with Crippen molar-refractivity contribution in [3.63, 3.8) is 0 Å². The zero-order chi connectivity index (χ0) is 23.5. The molecule has 0 radical (unpaired) electrons. The second-order valence-corrected chi connectivity index (χ2v) is 9.38. The summed E-state index contributed by atoms with van der Waals surface area (Å²) < 4.78 is 24.6. The molecule has 2 aromatic rings. The molecule has 2 saturated heterocycles. The van der Waals surface area contributed by atoms with E-state index in [2.05, 4.69) is 15.1 Å². The Morgan fingerprint density at radius 2 is 1.79 bits per heavy atom. The topological polar surface area (TPSA) is 74.3 Å². The number of benzene rings is 2. The van der Waals surface area contributed by atoms with Crippen molar-refractivity contribution in [3.05, 3.63) is 53.8 Å². The van der Waals surface area contributed by atoms with Crippen LogP contribution in [0.2, 0.25) is 0 Å². The summed E-state index contributed by atoms with van der Waals surface area (Å²) in [6, 6.07) is 11.4. The zero-order valence-electron chi connectivity index (χ0n) is 19.3. The standard InChI is InChI=1S/C26H32FN3O4/c27-20-4-6-21(7-5-20)30-12-9-19(16-30)26(32)28-22(17-29-10-1-2-11-29)25(31)18-3-8-23-24(15-18)34-14-13-33-23/h3-8,15,19,22,25,31H,1-2,9-14,16-17H2,(H,28,32)/t19-,22+,25+/m0/s1.